The Bertz CT molecular complexity index is 567. The van der Waals surface area contributed by atoms with Gasteiger partial charge in [-0.25, -0.2) is 13.2 Å². The fourth-order valence-electron chi connectivity index (χ4n) is 1.61. The van der Waals surface area contributed by atoms with Gasteiger partial charge in [-0.2, -0.15) is 0 Å². The number of hydrogen-bond donors (Lipinski definition) is 1. The van der Waals surface area contributed by atoms with Crippen molar-refractivity contribution in [3.63, 3.8) is 0 Å². The zero-order chi connectivity index (χ0) is 13.1. The van der Waals surface area contributed by atoms with E-state index in [0.29, 0.717) is 11.3 Å². The van der Waals surface area contributed by atoms with E-state index in [1.54, 1.807) is 19.1 Å². The number of rotatable bonds is 3. The van der Waals surface area contributed by atoms with Crippen molar-refractivity contribution in [2.45, 2.75) is 13.5 Å². The lowest BCUT2D eigenvalue weighted by Gasteiger charge is -2.08. The molecule has 0 aliphatic rings. The lowest BCUT2D eigenvalue weighted by atomic mass is 10.2. The van der Waals surface area contributed by atoms with Gasteiger partial charge < -0.3 is 5.32 Å². The molecule has 0 atom stereocenters. The van der Waals surface area contributed by atoms with Gasteiger partial charge in [0.2, 0.25) is 0 Å². The predicted molar refractivity (Wildman–Crippen MR) is 64.8 cm³/mol. The van der Waals surface area contributed by atoms with Crippen LogP contribution in [-0.2, 0) is 6.54 Å². The van der Waals surface area contributed by atoms with Crippen molar-refractivity contribution >= 4 is 5.69 Å². The minimum atomic E-state index is -0.904. The number of halogens is 3. The summed E-state index contributed by atoms with van der Waals surface area (Å²) in [7, 11) is 0. The molecule has 4 heteroatoms. The Balaban J connectivity index is 2.09. The van der Waals surface area contributed by atoms with Crippen molar-refractivity contribution in [2.24, 2.45) is 0 Å². The molecule has 1 nitrogen and oxygen atoms in total. The van der Waals surface area contributed by atoms with Crippen LogP contribution in [0.3, 0.4) is 0 Å². The molecule has 0 spiro atoms. The number of aryl methyl sites for hydroxylation is 1. The van der Waals surface area contributed by atoms with E-state index in [0.717, 1.165) is 17.7 Å². The molecule has 0 aliphatic heterocycles. The highest BCUT2D eigenvalue weighted by Crippen LogP contribution is 2.17. The van der Waals surface area contributed by atoms with Gasteiger partial charge in [-0.3, -0.25) is 0 Å². The van der Waals surface area contributed by atoms with Crippen molar-refractivity contribution in [3.05, 3.63) is 65.0 Å². The van der Waals surface area contributed by atoms with E-state index in [1.165, 1.54) is 12.1 Å². The third-order valence-electron chi connectivity index (χ3n) is 2.59. The van der Waals surface area contributed by atoms with Crippen LogP contribution in [0.1, 0.15) is 11.1 Å². The summed E-state index contributed by atoms with van der Waals surface area (Å²) in [4.78, 5) is 0. The summed E-state index contributed by atoms with van der Waals surface area (Å²) in [5.74, 6) is -2.16. The molecule has 0 heterocycles. The Morgan fingerprint density at radius 2 is 1.67 bits per heavy atom. The number of nitrogens with one attached hydrogen (secondary N) is 1. The van der Waals surface area contributed by atoms with Crippen LogP contribution < -0.4 is 5.32 Å². The summed E-state index contributed by atoms with van der Waals surface area (Å²) in [5, 5.41) is 2.84. The predicted octanol–water partition coefficient (Wildman–Crippen LogP) is 4.02. The molecule has 0 radical (unpaired) electrons. The van der Waals surface area contributed by atoms with Crippen LogP contribution in [0.5, 0.6) is 0 Å². The Kier molecular flexibility index (Phi) is 3.55. The first kappa shape index (κ1) is 12.5. The van der Waals surface area contributed by atoms with Crippen LogP contribution in [0.2, 0.25) is 0 Å². The third-order valence-corrected chi connectivity index (χ3v) is 2.59. The van der Waals surface area contributed by atoms with Crippen LogP contribution >= 0.6 is 0 Å². The van der Waals surface area contributed by atoms with Gasteiger partial charge in [-0.1, -0.05) is 12.1 Å². The van der Waals surface area contributed by atoms with Crippen LogP contribution in [-0.4, -0.2) is 0 Å². The molecule has 94 valence electrons. The molecule has 0 aromatic heterocycles. The highest BCUT2D eigenvalue weighted by Gasteiger charge is 2.04. The molecule has 2 aromatic carbocycles. The Labute approximate surface area is 103 Å². The zero-order valence-corrected chi connectivity index (χ0v) is 9.81. The number of benzene rings is 2. The number of anilines is 1. The summed E-state index contributed by atoms with van der Waals surface area (Å²) >= 11 is 0. The molecule has 2 aromatic rings. The maximum atomic E-state index is 13.5. The van der Waals surface area contributed by atoms with Crippen molar-refractivity contribution in [1.29, 1.82) is 0 Å². The minimum Gasteiger partial charge on any atom is -0.379 e. The van der Waals surface area contributed by atoms with E-state index in [9.17, 15) is 13.2 Å². The van der Waals surface area contributed by atoms with E-state index in [2.05, 4.69) is 5.32 Å². The average Bonchev–Trinajstić information content (AvgIpc) is 2.32. The summed E-state index contributed by atoms with van der Waals surface area (Å²) < 4.78 is 39.2. The molecule has 1 N–H and O–H groups in total. The van der Waals surface area contributed by atoms with Gasteiger partial charge in [0.15, 0.2) is 11.6 Å². The Morgan fingerprint density at radius 1 is 0.889 bits per heavy atom. The van der Waals surface area contributed by atoms with Gasteiger partial charge in [0.05, 0.1) is 5.69 Å². The van der Waals surface area contributed by atoms with E-state index >= 15 is 0 Å². The van der Waals surface area contributed by atoms with Gasteiger partial charge >= 0.3 is 0 Å². The highest BCUT2D eigenvalue weighted by atomic mass is 19.2. The van der Waals surface area contributed by atoms with Crippen molar-refractivity contribution in [3.8, 4) is 0 Å². The normalized spacial score (nSPS) is 10.4. The van der Waals surface area contributed by atoms with Crippen LogP contribution in [0.15, 0.2) is 36.4 Å². The van der Waals surface area contributed by atoms with Gasteiger partial charge in [-0.05, 0) is 42.3 Å². The summed E-state index contributed by atoms with van der Waals surface area (Å²) in [6, 6.07) is 8.40. The van der Waals surface area contributed by atoms with Gasteiger partial charge in [0.25, 0.3) is 0 Å². The van der Waals surface area contributed by atoms with Gasteiger partial charge in [-0.15, -0.1) is 0 Å². The smallest absolute Gasteiger partial charge is 0.159 e. The molecule has 0 amide bonds. The molecule has 0 fully saturated rings. The Morgan fingerprint density at radius 3 is 2.33 bits per heavy atom. The van der Waals surface area contributed by atoms with Gasteiger partial charge in [0, 0.05) is 6.54 Å². The van der Waals surface area contributed by atoms with E-state index < -0.39 is 11.6 Å². The summed E-state index contributed by atoms with van der Waals surface area (Å²) in [5.41, 5.74) is 1.71. The van der Waals surface area contributed by atoms with Crippen molar-refractivity contribution < 1.29 is 13.2 Å². The Hall–Kier alpha value is -1.97. The third kappa shape index (κ3) is 2.83. The summed E-state index contributed by atoms with van der Waals surface area (Å²) in [6.07, 6.45) is 0. The van der Waals surface area contributed by atoms with E-state index in [1.807, 2.05) is 0 Å². The first-order chi connectivity index (χ1) is 8.56. The molecule has 0 bridgehead atoms. The fraction of sp³-hybridized carbons (Fsp3) is 0.143. The van der Waals surface area contributed by atoms with E-state index in [4.69, 9.17) is 0 Å². The molecule has 18 heavy (non-hydrogen) atoms. The summed E-state index contributed by atoms with van der Waals surface area (Å²) in [6.45, 7) is 2.03. The highest BCUT2D eigenvalue weighted by molar-refractivity contribution is 5.46. The van der Waals surface area contributed by atoms with Crippen LogP contribution in [0.25, 0.3) is 0 Å². The van der Waals surface area contributed by atoms with Gasteiger partial charge in [0.1, 0.15) is 5.82 Å². The monoisotopic (exact) mass is 251 g/mol. The van der Waals surface area contributed by atoms with Crippen LogP contribution in [0, 0.1) is 24.4 Å². The maximum Gasteiger partial charge on any atom is 0.159 e. The minimum absolute atomic E-state index is 0.233. The maximum absolute atomic E-state index is 13.5. The lowest BCUT2D eigenvalue weighted by Crippen LogP contribution is -2.02. The fourth-order valence-corrected chi connectivity index (χ4v) is 1.61. The quantitative estimate of drug-likeness (QED) is 0.868. The largest absolute Gasteiger partial charge is 0.379 e. The average molecular weight is 251 g/mol. The second kappa shape index (κ2) is 5.12. The molecule has 0 unspecified atom stereocenters. The SMILES string of the molecule is Cc1ccc(NCc2ccc(F)c(F)c2)c(F)c1. The van der Waals surface area contributed by atoms with Crippen molar-refractivity contribution in [2.75, 3.05) is 5.32 Å². The lowest BCUT2D eigenvalue weighted by molar-refractivity contribution is 0.507. The zero-order valence-electron chi connectivity index (χ0n) is 9.81. The molecular weight excluding hydrogens is 239 g/mol. The molecule has 0 aliphatic carbocycles. The molecule has 0 saturated carbocycles. The standard InChI is InChI=1S/C14H12F3N/c1-9-2-5-14(13(17)6-9)18-8-10-3-4-11(15)12(16)7-10/h2-7,18H,8H2,1H3. The molecular formula is C14H12F3N. The second-order valence-electron chi connectivity index (χ2n) is 4.09. The number of hydrogen-bond acceptors (Lipinski definition) is 1. The van der Waals surface area contributed by atoms with Crippen molar-refractivity contribution in [1.82, 2.24) is 0 Å². The molecule has 2 rings (SSSR count). The molecule has 0 saturated heterocycles. The second-order valence-corrected chi connectivity index (χ2v) is 4.09. The first-order valence-corrected chi connectivity index (χ1v) is 5.50. The van der Waals surface area contributed by atoms with Crippen LogP contribution in [0.4, 0.5) is 18.9 Å². The topological polar surface area (TPSA) is 12.0 Å². The van der Waals surface area contributed by atoms with E-state index in [-0.39, 0.29) is 12.4 Å². The first-order valence-electron chi connectivity index (χ1n) is 5.50.